The molecule has 2 aromatic carbocycles. The molecule has 0 spiro atoms. The molecule has 0 aliphatic heterocycles. The number of carbonyl (C=O) groups excluding carboxylic acids is 3. The first-order chi connectivity index (χ1) is 16.8. The fraction of sp³-hybridized carbons (Fsp3) is 0.208. The third kappa shape index (κ3) is 7.39. The second kappa shape index (κ2) is 12.1. The van der Waals surface area contributed by atoms with E-state index < -0.39 is 17.1 Å². The van der Waals surface area contributed by atoms with E-state index in [2.05, 4.69) is 15.6 Å². The van der Waals surface area contributed by atoms with E-state index in [4.69, 9.17) is 4.74 Å². The number of thioether (sulfide) groups is 1. The van der Waals surface area contributed by atoms with Crippen molar-refractivity contribution in [3.8, 4) is 0 Å². The summed E-state index contributed by atoms with van der Waals surface area (Å²) in [5.41, 5.74) is 0.957. The van der Waals surface area contributed by atoms with Crippen molar-refractivity contribution in [2.45, 2.75) is 30.4 Å². The van der Waals surface area contributed by atoms with Gasteiger partial charge in [0.25, 0.3) is 5.91 Å². The zero-order chi connectivity index (χ0) is 25.4. The molecule has 9 nitrogen and oxygen atoms in total. The van der Waals surface area contributed by atoms with Gasteiger partial charge in [-0.25, -0.2) is 9.78 Å². The van der Waals surface area contributed by atoms with Crippen LogP contribution in [0.25, 0.3) is 0 Å². The number of rotatable bonds is 10. The summed E-state index contributed by atoms with van der Waals surface area (Å²) in [7, 11) is 0. The number of carboxylic acids is 1. The minimum Gasteiger partial charge on any atom is -0.478 e. The number of carbonyl (C=O) groups is 4. The fourth-order valence-electron chi connectivity index (χ4n) is 2.98. The molecule has 0 saturated carbocycles. The van der Waals surface area contributed by atoms with E-state index in [1.54, 1.807) is 55.6 Å². The number of ether oxygens (including phenoxy) is 1. The monoisotopic (exact) mass is 513 g/mol. The normalized spacial score (nSPS) is 11.4. The molecule has 0 bridgehead atoms. The number of nitrogens with zero attached hydrogens (tertiary/aromatic N) is 1. The summed E-state index contributed by atoms with van der Waals surface area (Å²) < 4.78 is 4.90. The lowest BCUT2D eigenvalue weighted by Crippen LogP contribution is -2.22. The highest BCUT2D eigenvalue weighted by atomic mass is 32.2. The van der Waals surface area contributed by atoms with Crippen LogP contribution in [0.5, 0.6) is 0 Å². The molecule has 1 unspecified atom stereocenters. The molecule has 0 aliphatic carbocycles. The van der Waals surface area contributed by atoms with Crippen LogP contribution in [0.2, 0.25) is 0 Å². The number of aromatic nitrogens is 1. The third-order valence-electron chi connectivity index (χ3n) is 4.59. The zero-order valence-corrected chi connectivity index (χ0v) is 20.6. The van der Waals surface area contributed by atoms with Crippen LogP contribution >= 0.6 is 23.1 Å². The summed E-state index contributed by atoms with van der Waals surface area (Å²) in [5, 5.41) is 16.3. The fourth-order valence-corrected chi connectivity index (χ4v) is 4.62. The largest absolute Gasteiger partial charge is 0.478 e. The number of anilines is 2. The van der Waals surface area contributed by atoms with Crippen molar-refractivity contribution in [3.05, 3.63) is 70.7 Å². The van der Waals surface area contributed by atoms with Gasteiger partial charge in [-0.05, 0) is 44.2 Å². The number of hydrogen-bond acceptors (Lipinski definition) is 8. The molecule has 35 heavy (non-hydrogen) atoms. The Morgan fingerprint density at radius 2 is 1.83 bits per heavy atom. The van der Waals surface area contributed by atoms with Crippen molar-refractivity contribution >= 4 is 57.7 Å². The number of nitrogens with one attached hydrogen (secondary N) is 2. The summed E-state index contributed by atoms with van der Waals surface area (Å²) >= 11 is 2.51. The van der Waals surface area contributed by atoms with Crippen LogP contribution in [0.4, 0.5) is 10.8 Å². The van der Waals surface area contributed by atoms with E-state index in [0.717, 1.165) is 4.90 Å². The van der Waals surface area contributed by atoms with Gasteiger partial charge < -0.3 is 20.5 Å². The van der Waals surface area contributed by atoms with E-state index in [0.29, 0.717) is 23.1 Å². The molecule has 0 radical (unpaired) electrons. The lowest BCUT2D eigenvalue weighted by molar-refractivity contribution is -0.142. The van der Waals surface area contributed by atoms with Gasteiger partial charge in [-0.3, -0.25) is 14.4 Å². The minimum absolute atomic E-state index is 0.0416. The molecule has 3 aromatic rings. The molecule has 2 amide bonds. The number of amides is 2. The van der Waals surface area contributed by atoms with Crippen LogP contribution < -0.4 is 10.6 Å². The van der Waals surface area contributed by atoms with E-state index in [1.165, 1.54) is 35.2 Å². The number of aromatic carboxylic acids is 1. The van der Waals surface area contributed by atoms with E-state index in [9.17, 15) is 24.3 Å². The Labute approximate surface area is 209 Å². The molecule has 1 aromatic heterocycles. The second-order valence-electron chi connectivity index (χ2n) is 7.21. The van der Waals surface area contributed by atoms with Crippen molar-refractivity contribution in [2.75, 3.05) is 17.2 Å². The molecule has 1 heterocycles. The summed E-state index contributed by atoms with van der Waals surface area (Å²) in [6, 6.07) is 12.9. The Morgan fingerprint density at radius 3 is 2.54 bits per heavy atom. The maximum absolute atomic E-state index is 12.6. The number of benzene rings is 2. The van der Waals surface area contributed by atoms with Gasteiger partial charge in [0.2, 0.25) is 5.91 Å². The van der Waals surface area contributed by atoms with Gasteiger partial charge >= 0.3 is 11.9 Å². The highest BCUT2D eigenvalue weighted by Gasteiger charge is 2.18. The quantitative estimate of drug-likeness (QED) is 0.270. The lowest BCUT2D eigenvalue weighted by Gasteiger charge is -2.12. The Kier molecular flexibility index (Phi) is 8.98. The maximum Gasteiger partial charge on any atom is 0.336 e. The van der Waals surface area contributed by atoms with Crippen molar-refractivity contribution in [1.82, 2.24) is 4.98 Å². The van der Waals surface area contributed by atoms with Gasteiger partial charge in [-0.2, -0.15) is 0 Å². The van der Waals surface area contributed by atoms with Crippen molar-refractivity contribution in [1.29, 1.82) is 0 Å². The first-order valence-electron chi connectivity index (χ1n) is 10.6. The van der Waals surface area contributed by atoms with Crippen molar-refractivity contribution < 1.29 is 29.0 Å². The SMILES string of the molecule is CCOC(=O)Cc1csc(NC(=O)C(C)Sc2cccc(NC(=O)c3ccccc3C(=O)O)c2)n1. The highest BCUT2D eigenvalue weighted by molar-refractivity contribution is 8.00. The predicted molar refractivity (Wildman–Crippen MR) is 134 cm³/mol. The second-order valence-corrected chi connectivity index (χ2v) is 9.48. The zero-order valence-electron chi connectivity index (χ0n) is 18.9. The van der Waals surface area contributed by atoms with Crippen LogP contribution in [0.1, 0.15) is 40.3 Å². The summed E-state index contributed by atoms with van der Waals surface area (Å²) in [6.45, 7) is 3.76. The van der Waals surface area contributed by atoms with Crippen LogP contribution in [0.3, 0.4) is 0 Å². The number of thiazole rings is 1. The van der Waals surface area contributed by atoms with Crippen LogP contribution in [0, 0.1) is 0 Å². The van der Waals surface area contributed by atoms with Crippen LogP contribution in [-0.4, -0.2) is 45.7 Å². The number of esters is 1. The molecule has 1 atom stereocenters. The first kappa shape index (κ1) is 25.9. The third-order valence-corrected chi connectivity index (χ3v) is 6.49. The molecule has 11 heteroatoms. The molecule has 0 saturated heterocycles. The molecular formula is C24H23N3O6S2. The molecule has 0 fully saturated rings. The molecule has 182 valence electrons. The van der Waals surface area contributed by atoms with Gasteiger partial charge in [-0.1, -0.05) is 18.2 Å². The minimum atomic E-state index is -1.19. The summed E-state index contributed by atoms with van der Waals surface area (Å²) in [4.78, 5) is 53.2. The first-order valence-corrected chi connectivity index (χ1v) is 12.3. The lowest BCUT2D eigenvalue weighted by atomic mass is 10.1. The Bertz CT molecular complexity index is 1240. The Hall–Kier alpha value is -3.70. The highest BCUT2D eigenvalue weighted by Crippen LogP contribution is 2.27. The predicted octanol–water partition coefficient (Wildman–Crippen LogP) is 4.32. The van der Waals surface area contributed by atoms with E-state index >= 15 is 0 Å². The Balaban J connectivity index is 1.60. The molecule has 3 rings (SSSR count). The van der Waals surface area contributed by atoms with Crippen molar-refractivity contribution in [2.24, 2.45) is 0 Å². The standard InChI is InChI=1S/C24H23N3O6S2/c1-3-33-20(28)12-16-13-34-24(26-16)27-21(29)14(2)35-17-8-6-7-15(11-17)25-22(30)18-9-4-5-10-19(18)23(31)32/h4-11,13-14H,3,12H2,1-2H3,(H,25,30)(H,31,32)(H,26,27,29). The van der Waals surface area contributed by atoms with Gasteiger partial charge in [0, 0.05) is 16.0 Å². The van der Waals surface area contributed by atoms with Crippen molar-refractivity contribution in [3.63, 3.8) is 0 Å². The van der Waals surface area contributed by atoms with Gasteiger partial charge in [0.15, 0.2) is 5.13 Å². The summed E-state index contributed by atoms with van der Waals surface area (Å²) in [6.07, 6.45) is 0.0416. The van der Waals surface area contributed by atoms with Gasteiger partial charge in [0.05, 0.1) is 35.1 Å². The topological polar surface area (TPSA) is 135 Å². The van der Waals surface area contributed by atoms with Gasteiger partial charge in [-0.15, -0.1) is 23.1 Å². The van der Waals surface area contributed by atoms with Crippen LogP contribution in [-0.2, 0) is 20.7 Å². The number of carboxylic acid groups (broad SMARTS) is 1. The van der Waals surface area contributed by atoms with Gasteiger partial charge in [0.1, 0.15) is 0 Å². The van der Waals surface area contributed by atoms with E-state index in [-0.39, 0.29) is 29.4 Å². The van der Waals surface area contributed by atoms with E-state index in [1.807, 2.05) is 0 Å². The molecule has 3 N–H and O–H groups in total. The molecule has 0 aliphatic rings. The smallest absolute Gasteiger partial charge is 0.336 e. The summed E-state index contributed by atoms with van der Waals surface area (Å²) in [5.74, 6) is -2.37. The maximum atomic E-state index is 12.6. The van der Waals surface area contributed by atoms with Crippen LogP contribution in [0.15, 0.2) is 58.8 Å². The Morgan fingerprint density at radius 1 is 1.09 bits per heavy atom. The molecular weight excluding hydrogens is 490 g/mol. The number of hydrogen-bond donors (Lipinski definition) is 3. The average molecular weight is 514 g/mol. The average Bonchev–Trinajstić information content (AvgIpc) is 3.25.